The van der Waals surface area contributed by atoms with E-state index in [0.717, 1.165) is 0 Å². The van der Waals surface area contributed by atoms with E-state index in [4.69, 9.17) is 14.9 Å². The monoisotopic (exact) mass is 215 g/mol. The molecule has 84 valence electrons. The average Bonchev–Trinajstić information content (AvgIpc) is 2.66. The minimum Gasteiger partial charge on any atom is -0.475 e. The Bertz CT molecular complexity index is 289. The highest BCUT2D eigenvalue weighted by Gasteiger charge is 2.34. The van der Waals surface area contributed by atoms with Crippen LogP contribution in [0.15, 0.2) is 11.6 Å². The van der Waals surface area contributed by atoms with E-state index in [1.165, 1.54) is 7.11 Å². The van der Waals surface area contributed by atoms with Gasteiger partial charge < -0.3 is 19.3 Å². The zero-order valence-electron chi connectivity index (χ0n) is 8.89. The van der Waals surface area contributed by atoms with Gasteiger partial charge in [0.15, 0.2) is 10.8 Å². The molecule has 6 nitrogen and oxygen atoms in total. The van der Waals surface area contributed by atoms with E-state index < -0.39 is 5.79 Å². The van der Waals surface area contributed by atoms with Crippen LogP contribution in [-0.4, -0.2) is 31.2 Å². The number of aliphatic hydroxyl groups is 1. The van der Waals surface area contributed by atoms with Gasteiger partial charge in [0.2, 0.25) is 5.39 Å². The summed E-state index contributed by atoms with van der Waals surface area (Å²) in [6.07, 6.45) is 0.798. The van der Waals surface area contributed by atoms with Gasteiger partial charge in [-0.15, -0.1) is 0 Å². The second-order valence-electron chi connectivity index (χ2n) is 3.39. The summed E-state index contributed by atoms with van der Waals surface area (Å²) in [5.41, 5.74) is 0.0813. The van der Waals surface area contributed by atoms with Gasteiger partial charge in [-0.2, -0.15) is 0 Å². The number of ether oxygens (including phenoxy) is 3. The Morgan fingerprint density at radius 2 is 2.13 bits per heavy atom. The molecule has 0 saturated carbocycles. The Morgan fingerprint density at radius 1 is 1.53 bits per heavy atom. The third kappa shape index (κ3) is 3.08. The summed E-state index contributed by atoms with van der Waals surface area (Å²) in [4.78, 5) is 2.94. The van der Waals surface area contributed by atoms with E-state index in [-0.39, 0.29) is 11.6 Å². The summed E-state index contributed by atoms with van der Waals surface area (Å²) in [6.45, 7) is 2.92. The quantitative estimate of drug-likeness (QED) is 0.571. The molecule has 0 aromatic heterocycles. The van der Waals surface area contributed by atoms with Gasteiger partial charge in [-0.1, -0.05) is 0 Å². The number of hydrogen-bond acceptors (Lipinski definition) is 5. The van der Waals surface area contributed by atoms with Crippen LogP contribution in [0.3, 0.4) is 0 Å². The number of diazo groups is 1. The molecule has 0 atom stereocenters. The molecule has 1 fully saturated rings. The van der Waals surface area contributed by atoms with Crippen LogP contribution >= 0.6 is 0 Å². The van der Waals surface area contributed by atoms with E-state index in [1.54, 1.807) is 6.92 Å². The molecule has 0 radical (unpaired) electrons. The number of nitrogens with zero attached hydrogens (tertiary/aromatic N) is 2. The summed E-state index contributed by atoms with van der Waals surface area (Å²) in [7, 11) is 1.30. The molecule has 0 aliphatic carbocycles. The third-order valence-corrected chi connectivity index (χ3v) is 2.27. The van der Waals surface area contributed by atoms with Crippen molar-refractivity contribution in [1.29, 1.82) is 5.39 Å². The molecular weight excluding hydrogens is 200 g/mol. The van der Waals surface area contributed by atoms with Crippen molar-refractivity contribution in [2.24, 2.45) is 0 Å². The van der Waals surface area contributed by atoms with Gasteiger partial charge in [-0.3, -0.25) is 0 Å². The van der Waals surface area contributed by atoms with Gasteiger partial charge in [-0.25, -0.2) is 0 Å². The number of allylic oxidation sites excluding steroid dienone is 1. The topological polar surface area (TPSA) is 76.1 Å². The minimum absolute atomic E-state index is 0.0813. The fourth-order valence-corrected chi connectivity index (χ4v) is 1.36. The molecule has 0 amide bonds. The van der Waals surface area contributed by atoms with Crippen molar-refractivity contribution < 1.29 is 19.3 Å². The molecule has 1 N–H and O–H groups in total. The van der Waals surface area contributed by atoms with E-state index in [2.05, 4.69) is 9.71 Å². The molecule has 1 aliphatic rings. The first-order valence-corrected chi connectivity index (χ1v) is 4.70. The predicted molar refractivity (Wildman–Crippen MR) is 51.3 cm³/mol. The van der Waals surface area contributed by atoms with Crippen LogP contribution in [0.5, 0.6) is 0 Å². The zero-order chi connectivity index (χ0) is 11.3. The summed E-state index contributed by atoms with van der Waals surface area (Å²) >= 11 is 0. The van der Waals surface area contributed by atoms with Crippen LogP contribution in [0.25, 0.3) is 4.98 Å². The van der Waals surface area contributed by atoms with Gasteiger partial charge in [0.25, 0.3) is 0 Å². The smallest absolute Gasteiger partial charge is 0.440 e. The fourth-order valence-electron chi connectivity index (χ4n) is 1.36. The van der Waals surface area contributed by atoms with Crippen molar-refractivity contribution in [1.82, 2.24) is 0 Å². The summed E-state index contributed by atoms with van der Waals surface area (Å²) in [5.74, 6) is -1.05. The van der Waals surface area contributed by atoms with Crippen molar-refractivity contribution in [3.05, 3.63) is 16.6 Å². The largest absolute Gasteiger partial charge is 0.475 e. The maximum atomic E-state index is 9.20. The Morgan fingerprint density at radius 3 is 2.60 bits per heavy atom. The number of methoxy groups -OCH3 is 1. The molecule has 1 aliphatic heterocycles. The van der Waals surface area contributed by atoms with Crippen LogP contribution in [0.2, 0.25) is 0 Å². The van der Waals surface area contributed by atoms with Crippen LogP contribution < -0.4 is 0 Å². The lowest BCUT2D eigenvalue weighted by Gasteiger charge is -2.20. The molecular formula is C9H15N2O4+. The number of rotatable bonds is 4. The average molecular weight is 215 g/mol. The van der Waals surface area contributed by atoms with Gasteiger partial charge in [0.1, 0.15) is 0 Å². The number of aliphatic hydroxyl groups excluding tert-OH is 1. The van der Waals surface area contributed by atoms with Crippen molar-refractivity contribution >= 4 is 0 Å². The van der Waals surface area contributed by atoms with Crippen LogP contribution in [0.4, 0.5) is 0 Å². The highest BCUT2D eigenvalue weighted by molar-refractivity contribution is 5.09. The molecule has 1 rings (SSSR count). The van der Waals surface area contributed by atoms with Crippen LogP contribution in [0, 0.1) is 5.39 Å². The lowest BCUT2D eigenvalue weighted by Crippen LogP contribution is -2.25. The third-order valence-electron chi connectivity index (χ3n) is 2.27. The van der Waals surface area contributed by atoms with Crippen LogP contribution in [0.1, 0.15) is 19.8 Å². The highest BCUT2D eigenvalue weighted by Crippen LogP contribution is 2.26. The van der Waals surface area contributed by atoms with Crippen molar-refractivity contribution in [2.75, 3.05) is 20.3 Å². The molecule has 0 spiro atoms. The van der Waals surface area contributed by atoms with Crippen molar-refractivity contribution in [3.63, 3.8) is 0 Å². The Kier molecular flexibility index (Phi) is 3.88. The maximum Gasteiger partial charge on any atom is 0.440 e. The summed E-state index contributed by atoms with van der Waals surface area (Å²) in [6, 6.07) is 0. The standard InChI is InChI=1S/C9H14N2O4/c1-9(14-5-6-15-9)4-3-7(11-10)8(12)13-2/h3-6H2,1-2H3/p+1/b8-7-. The van der Waals surface area contributed by atoms with E-state index >= 15 is 0 Å². The Labute approximate surface area is 88.1 Å². The molecule has 1 saturated heterocycles. The molecule has 0 aromatic rings. The summed E-state index contributed by atoms with van der Waals surface area (Å²) in [5, 5.41) is 17.8. The van der Waals surface area contributed by atoms with Crippen LogP contribution in [-0.2, 0) is 14.2 Å². The number of hydrogen-bond donors (Lipinski definition) is 1. The van der Waals surface area contributed by atoms with Gasteiger partial charge in [0, 0.05) is 6.42 Å². The van der Waals surface area contributed by atoms with Crippen molar-refractivity contribution in [2.45, 2.75) is 25.6 Å². The summed E-state index contributed by atoms with van der Waals surface area (Å²) < 4.78 is 15.3. The Balaban J connectivity index is 2.52. The molecule has 0 bridgehead atoms. The minimum atomic E-state index is -0.663. The molecule has 1 heterocycles. The lowest BCUT2D eigenvalue weighted by atomic mass is 10.1. The molecule has 15 heavy (non-hydrogen) atoms. The van der Waals surface area contributed by atoms with Gasteiger partial charge >= 0.3 is 11.6 Å². The second-order valence-corrected chi connectivity index (χ2v) is 3.39. The van der Waals surface area contributed by atoms with E-state index in [0.29, 0.717) is 26.1 Å². The van der Waals surface area contributed by atoms with E-state index in [1.807, 2.05) is 0 Å². The maximum absolute atomic E-state index is 9.20. The van der Waals surface area contributed by atoms with Crippen molar-refractivity contribution in [3.8, 4) is 0 Å². The molecule has 6 heteroatoms. The molecule has 0 unspecified atom stereocenters. The normalized spacial score (nSPS) is 20.6. The SMILES string of the molecule is CO/C(O)=C(/CCC1(C)OCCO1)[N+]#N. The predicted octanol–water partition coefficient (Wildman–Crippen LogP) is 1.76. The van der Waals surface area contributed by atoms with Gasteiger partial charge in [0.05, 0.1) is 26.7 Å². The lowest BCUT2D eigenvalue weighted by molar-refractivity contribution is -0.146. The second kappa shape index (κ2) is 4.96. The zero-order valence-corrected chi connectivity index (χ0v) is 8.89. The van der Waals surface area contributed by atoms with Gasteiger partial charge in [-0.05, 0) is 6.92 Å². The first kappa shape index (κ1) is 11.8. The highest BCUT2D eigenvalue weighted by atomic mass is 16.7. The van der Waals surface area contributed by atoms with E-state index in [9.17, 15) is 5.11 Å². The molecule has 0 aromatic carbocycles. The Hall–Kier alpha value is -1.32. The first-order valence-electron chi connectivity index (χ1n) is 4.70. The fraction of sp³-hybridized carbons (Fsp3) is 0.778. The first-order chi connectivity index (χ1) is 7.11.